The lowest BCUT2D eigenvalue weighted by Gasteiger charge is -2.32. The second kappa shape index (κ2) is 5.50. The second-order valence-corrected chi connectivity index (χ2v) is 4.90. The van der Waals surface area contributed by atoms with E-state index in [9.17, 15) is 0 Å². The van der Waals surface area contributed by atoms with Gasteiger partial charge in [-0.25, -0.2) is 0 Å². The Labute approximate surface area is 112 Å². The summed E-state index contributed by atoms with van der Waals surface area (Å²) < 4.78 is 5.35. The van der Waals surface area contributed by atoms with E-state index in [4.69, 9.17) is 4.52 Å². The van der Waals surface area contributed by atoms with Crippen LogP contribution in [0.1, 0.15) is 12.8 Å². The van der Waals surface area contributed by atoms with E-state index in [0.717, 1.165) is 31.7 Å². The second-order valence-electron chi connectivity index (χ2n) is 4.90. The van der Waals surface area contributed by atoms with E-state index in [1.54, 1.807) is 0 Å². The van der Waals surface area contributed by atoms with Crippen molar-refractivity contribution in [1.82, 2.24) is 20.4 Å². The van der Waals surface area contributed by atoms with Crippen molar-refractivity contribution in [2.24, 2.45) is 0 Å². The van der Waals surface area contributed by atoms with Crippen LogP contribution in [0.4, 0.5) is 0 Å². The molecule has 0 bridgehead atoms. The van der Waals surface area contributed by atoms with Crippen molar-refractivity contribution in [3.05, 3.63) is 36.2 Å². The summed E-state index contributed by atoms with van der Waals surface area (Å²) in [6.07, 6.45) is 0. The zero-order valence-electron chi connectivity index (χ0n) is 11.0. The highest BCUT2D eigenvalue weighted by Crippen LogP contribution is 2.16. The van der Waals surface area contributed by atoms with Gasteiger partial charge < -0.3 is 9.84 Å². The van der Waals surface area contributed by atoms with Crippen molar-refractivity contribution >= 4 is 0 Å². The molecule has 1 atom stereocenters. The number of rotatable bonds is 3. The van der Waals surface area contributed by atoms with Gasteiger partial charge in [0.1, 0.15) is 0 Å². The van der Waals surface area contributed by atoms with Gasteiger partial charge in [0.15, 0.2) is 0 Å². The highest BCUT2D eigenvalue weighted by atomic mass is 16.5. The number of nitrogens with one attached hydrogen (secondary N) is 1. The SMILES string of the molecule is CC1CNCCN1Cc1nc(-c2ccccc2)no1. The Hall–Kier alpha value is -1.72. The van der Waals surface area contributed by atoms with Gasteiger partial charge in [-0.05, 0) is 6.92 Å². The molecule has 100 valence electrons. The third-order valence-electron chi connectivity index (χ3n) is 3.48. The normalized spacial score (nSPS) is 20.6. The van der Waals surface area contributed by atoms with E-state index in [1.165, 1.54) is 0 Å². The van der Waals surface area contributed by atoms with Crippen LogP contribution in [0.25, 0.3) is 11.4 Å². The highest BCUT2D eigenvalue weighted by Gasteiger charge is 2.20. The van der Waals surface area contributed by atoms with Gasteiger partial charge in [0, 0.05) is 31.2 Å². The molecule has 2 heterocycles. The standard InChI is InChI=1S/C14H18N4O/c1-11-9-15-7-8-18(11)10-13-16-14(17-19-13)12-5-3-2-4-6-12/h2-6,11,15H,7-10H2,1H3. The largest absolute Gasteiger partial charge is 0.338 e. The van der Waals surface area contributed by atoms with E-state index in [0.29, 0.717) is 17.8 Å². The quantitative estimate of drug-likeness (QED) is 0.905. The Morgan fingerprint density at radius 1 is 1.37 bits per heavy atom. The van der Waals surface area contributed by atoms with E-state index >= 15 is 0 Å². The van der Waals surface area contributed by atoms with E-state index < -0.39 is 0 Å². The topological polar surface area (TPSA) is 54.2 Å². The Morgan fingerprint density at radius 3 is 3.00 bits per heavy atom. The fourth-order valence-corrected chi connectivity index (χ4v) is 2.32. The fourth-order valence-electron chi connectivity index (χ4n) is 2.32. The summed E-state index contributed by atoms with van der Waals surface area (Å²) in [7, 11) is 0. The van der Waals surface area contributed by atoms with Gasteiger partial charge >= 0.3 is 0 Å². The van der Waals surface area contributed by atoms with Crippen molar-refractivity contribution in [2.75, 3.05) is 19.6 Å². The van der Waals surface area contributed by atoms with E-state index in [1.807, 2.05) is 30.3 Å². The molecule has 0 amide bonds. The molecule has 5 nitrogen and oxygen atoms in total. The van der Waals surface area contributed by atoms with Crippen LogP contribution in [-0.4, -0.2) is 40.7 Å². The summed E-state index contributed by atoms with van der Waals surface area (Å²) in [6, 6.07) is 10.4. The molecule has 3 rings (SSSR count). The molecule has 1 saturated heterocycles. The average Bonchev–Trinajstić information content (AvgIpc) is 2.91. The Morgan fingerprint density at radius 2 is 2.21 bits per heavy atom. The third-order valence-corrected chi connectivity index (χ3v) is 3.48. The first kappa shape index (κ1) is 12.3. The lowest BCUT2D eigenvalue weighted by atomic mass is 10.2. The van der Waals surface area contributed by atoms with E-state index in [2.05, 4.69) is 27.3 Å². The Balaban J connectivity index is 1.71. The fraction of sp³-hybridized carbons (Fsp3) is 0.429. The zero-order valence-corrected chi connectivity index (χ0v) is 11.0. The van der Waals surface area contributed by atoms with Crippen LogP contribution in [0.2, 0.25) is 0 Å². The van der Waals surface area contributed by atoms with Crippen molar-refractivity contribution in [1.29, 1.82) is 0 Å². The monoisotopic (exact) mass is 258 g/mol. The van der Waals surface area contributed by atoms with Crippen LogP contribution < -0.4 is 5.32 Å². The summed E-state index contributed by atoms with van der Waals surface area (Å²) in [5.74, 6) is 1.35. The predicted octanol–water partition coefficient (Wildman–Crippen LogP) is 1.53. The van der Waals surface area contributed by atoms with Gasteiger partial charge in [-0.15, -0.1) is 0 Å². The van der Waals surface area contributed by atoms with Crippen LogP contribution in [-0.2, 0) is 6.54 Å². The average molecular weight is 258 g/mol. The lowest BCUT2D eigenvalue weighted by molar-refractivity contribution is 0.146. The summed E-state index contributed by atoms with van der Waals surface area (Å²) in [5, 5.41) is 7.42. The molecule has 0 spiro atoms. The molecule has 1 N–H and O–H groups in total. The van der Waals surface area contributed by atoms with Gasteiger partial charge in [0.2, 0.25) is 11.7 Å². The molecule has 1 fully saturated rings. The van der Waals surface area contributed by atoms with Crippen molar-refractivity contribution in [3.8, 4) is 11.4 Å². The van der Waals surface area contributed by atoms with Gasteiger partial charge in [-0.2, -0.15) is 4.98 Å². The molecule has 0 aliphatic carbocycles. The molecule has 1 aromatic carbocycles. The number of hydrogen-bond acceptors (Lipinski definition) is 5. The van der Waals surface area contributed by atoms with Crippen molar-refractivity contribution in [3.63, 3.8) is 0 Å². The van der Waals surface area contributed by atoms with Gasteiger partial charge in [0.05, 0.1) is 6.54 Å². The molecule has 1 aliphatic heterocycles. The van der Waals surface area contributed by atoms with Crippen LogP contribution in [0.5, 0.6) is 0 Å². The minimum Gasteiger partial charge on any atom is -0.338 e. The third kappa shape index (κ3) is 2.83. The van der Waals surface area contributed by atoms with Gasteiger partial charge in [0.25, 0.3) is 0 Å². The molecule has 19 heavy (non-hydrogen) atoms. The zero-order chi connectivity index (χ0) is 13.1. The molecule has 1 unspecified atom stereocenters. The maximum Gasteiger partial charge on any atom is 0.241 e. The Kier molecular flexibility index (Phi) is 3.57. The summed E-state index contributed by atoms with van der Waals surface area (Å²) in [5.41, 5.74) is 0.992. The maximum absolute atomic E-state index is 5.35. The molecule has 2 aromatic rings. The Bertz CT molecular complexity index is 525. The molecular weight excluding hydrogens is 240 g/mol. The minimum absolute atomic E-state index is 0.501. The lowest BCUT2D eigenvalue weighted by Crippen LogP contribution is -2.49. The number of piperazine rings is 1. The highest BCUT2D eigenvalue weighted by molar-refractivity contribution is 5.53. The number of aromatic nitrogens is 2. The van der Waals surface area contributed by atoms with Crippen LogP contribution in [0, 0.1) is 0 Å². The van der Waals surface area contributed by atoms with Crippen molar-refractivity contribution < 1.29 is 4.52 Å². The smallest absolute Gasteiger partial charge is 0.241 e. The summed E-state index contributed by atoms with van der Waals surface area (Å²) >= 11 is 0. The number of nitrogens with zero attached hydrogens (tertiary/aromatic N) is 3. The molecular formula is C14H18N4O. The predicted molar refractivity (Wildman–Crippen MR) is 72.5 cm³/mol. The first-order chi connectivity index (χ1) is 9.33. The minimum atomic E-state index is 0.501. The molecule has 0 radical (unpaired) electrons. The van der Waals surface area contributed by atoms with E-state index in [-0.39, 0.29) is 0 Å². The number of hydrogen-bond donors (Lipinski definition) is 1. The van der Waals surface area contributed by atoms with Crippen LogP contribution in [0.3, 0.4) is 0 Å². The first-order valence-corrected chi connectivity index (χ1v) is 6.66. The van der Waals surface area contributed by atoms with Crippen LogP contribution in [0.15, 0.2) is 34.9 Å². The number of benzene rings is 1. The van der Waals surface area contributed by atoms with Gasteiger partial charge in [-0.1, -0.05) is 35.5 Å². The summed E-state index contributed by atoms with van der Waals surface area (Å²) in [6.45, 7) is 5.98. The molecule has 5 heteroatoms. The summed E-state index contributed by atoms with van der Waals surface area (Å²) in [4.78, 5) is 6.83. The van der Waals surface area contributed by atoms with Crippen LogP contribution >= 0.6 is 0 Å². The maximum atomic E-state index is 5.35. The first-order valence-electron chi connectivity index (χ1n) is 6.66. The molecule has 0 saturated carbocycles. The van der Waals surface area contributed by atoms with Crippen molar-refractivity contribution in [2.45, 2.75) is 19.5 Å². The molecule has 1 aliphatic rings. The van der Waals surface area contributed by atoms with Gasteiger partial charge in [-0.3, -0.25) is 4.90 Å². The molecule has 1 aromatic heterocycles.